The van der Waals surface area contributed by atoms with Crippen molar-refractivity contribution < 1.29 is 19.1 Å². The SMILES string of the molecule is CC1=CC(=O)C(C(C)(C)CC(=O)OC(C)(C)C)=C(C)C1=O. The van der Waals surface area contributed by atoms with E-state index in [1.54, 1.807) is 48.5 Å². The van der Waals surface area contributed by atoms with E-state index in [-0.39, 0.29) is 24.0 Å². The molecule has 1 rings (SSSR count). The van der Waals surface area contributed by atoms with Gasteiger partial charge in [-0.15, -0.1) is 0 Å². The van der Waals surface area contributed by atoms with Crippen LogP contribution in [0.5, 0.6) is 0 Å². The summed E-state index contributed by atoms with van der Waals surface area (Å²) in [4.78, 5) is 36.3. The van der Waals surface area contributed by atoms with E-state index in [4.69, 9.17) is 4.74 Å². The Balaban J connectivity index is 3.05. The lowest BCUT2D eigenvalue weighted by molar-refractivity contribution is -0.156. The molecule has 0 saturated heterocycles. The summed E-state index contributed by atoms with van der Waals surface area (Å²) in [5.41, 5.74) is -0.0395. The lowest BCUT2D eigenvalue weighted by atomic mass is 9.73. The van der Waals surface area contributed by atoms with E-state index in [2.05, 4.69) is 0 Å². The van der Waals surface area contributed by atoms with E-state index in [9.17, 15) is 14.4 Å². The zero-order valence-corrected chi connectivity index (χ0v) is 13.9. The highest BCUT2D eigenvalue weighted by Gasteiger charge is 2.37. The van der Waals surface area contributed by atoms with Gasteiger partial charge in [-0.1, -0.05) is 13.8 Å². The van der Waals surface area contributed by atoms with E-state index in [1.807, 2.05) is 0 Å². The summed E-state index contributed by atoms with van der Waals surface area (Å²) in [5.74, 6) is -0.709. The fourth-order valence-corrected chi connectivity index (χ4v) is 2.60. The quantitative estimate of drug-likeness (QED) is 0.592. The van der Waals surface area contributed by atoms with Crippen LogP contribution in [-0.4, -0.2) is 23.1 Å². The van der Waals surface area contributed by atoms with Crippen molar-refractivity contribution in [3.8, 4) is 0 Å². The number of ketones is 2. The molecule has 4 heteroatoms. The van der Waals surface area contributed by atoms with Gasteiger partial charge >= 0.3 is 5.97 Å². The Morgan fingerprint density at radius 3 is 2.10 bits per heavy atom. The van der Waals surface area contributed by atoms with Crippen LogP contribution in [0.3, 0.4) is 0 Å². The molecule has 21 heavy (non-hydrogen) atoms. The number of hydrogen-bond donors (Lipinski definition) is 0. The van der Waals surface area contributed by atoms with Crippen molar-refractivity contribution in [2.75, 3.05) is 0 Å². The molecule has 0 aromatic heterocycles. The fraction of sp³-hybridized carbons (Fsp3) is 0.588. The second kappa shape index (κ2) is 5.58. The van der Waals surface area contributed by atoms with E-state index in [0.29, 0.717) is 16.7 Å². The van der Waals surface area contributed by atoms with Crippen molar-refractivity contribution in [3.05, 3.63) is 22.8 Å². The molecule has 0 saturated carbocycles. The van der Waals surface area contributed by atoms with E-state index in [0.717, 1.165) is 0 Å². The molecule has 4 nitrogen and oxygen atoms in total. The Morgan fingerprint density at radius 1 is 1.10 bits per heavy atom. The van der Waals surface area contributed by atoms with Crippen molar-refractivity contribution in [2.24, 2.45) is 5.41 Å². The summed E-state index contributed by atoms with van der Waals surface area (Å²) in [5, 5.41) is 0. The third-order valence-electron chi connectivity index (χ3n) is 3.35. The Kier molecular flexibility index (Phi) is 4.61. The van der Waals surface area contributed by atoms with Crippen LogP contribution in [0.2, 0.25) is 0 Å². The monoisotopic (exact) mass is 292 g/mol. The second-order valence-electron chi connectivity index (χ2n) is 7.17. The summed E-state index contributed by atoms with van der Waals surface area (Å²) in [7, 11) is 0. The molecule has 1 aliphatic carbocycles. The molecule has 0 heterocycles. The molecular formula is C17H24O4. The molecule has 0 aromatic rings. The topological polar surface area (TPSA) is 60.4 Å². The van der Waals surface area contributed by atoms with Crippen LogP contribution in [0.15, 0.2) is 22.8 Å². The van der Waals surface area contributed by atoms with Gasteiger partial charge in [0.15, 0.2) is 11.6 Å². The van der Waals surface area contributed by atoms with Gasteiger partial charge in [0, 0.05) is 22.1 Å². The van der Waals surface area contributed by atoms with E-state index in [1.165, 1.54) is 6.08 Å². The zero-order valence-electron chi connectivity index (χ0n) is 13.9. The molecule has 0 aromatic carbocycles. The van der Waals surface area contributed by atoms with Crippen molar-refractivity contribution in [1.29, 1.82) is 0 Å². The van der Waals surface area contributed by atoms with Gasteiger partial charge in [0.25, 0.3) is 0 Å². The standard InChI is InChI=1S/C17H24O4/c1-10-8-12(18)14(11(2)15(10)20)17(6,7)9-13(19)21-16(3,4)5/h8H,9H2,1-7H3. The maximum Gasteiger partial charge on any atom is 0.307 e. The van der Waals surface area contributed by atoms with Crippen LogP contribution < -0.4 is 0 Å². The summed E-state index contributed by atoms with van der Waals surface area (Å²) >= 11 is 0. The maximum absolute atomic E-state index is 12.2. The number of rotatable bonds is 3. The van der Waals surface area contributed by atoms with E-state index < -0.39 is 11.0 Å². The van der Waals surface area contributed by atoms with Gasteiger partial charge in [-0.05, 0) is 40.7 Å². The Hall–Kier alpha value is -1.71. The molecule has 1 aliphatic rings. The minimum Gasteiger partial charge on any atom is -0.460 e. The van der Waals surface area contributed by atoms with Crippen LogP contribution in [-0.2, 0) is 19.1 Å². The van der Waals surface area contributed by atoms with Gasteiger partial charge < -0.3 is 4.74 Å². The van der Waals surface area contributed by atoms with Gasteiger partial charge in [0.2, 0.25) is 0 Å². The normalized spacial score (nSPS) is 17.0. The zero-order chi connectivity index (χ0) is 16.6. The number of Topliss-reactive ketones (excluding diaryl/α,β-unsaturated/α-hetero) is 1. The summed E-state index contributed by atoms with van der Waals surface area (Å²) < 4.78 is 5.31. The molecule has 0 unspecified atom stereocenters. The van der Waals surface area contributed by atoms with Gasteiger partial charge in [0.05, 0.1) is 6.42 Å². The maximum atomic E-state index is 12.2. The average Bonchev–Trinajstić information content (AvgIpc) is 2.21. The smallest absolute Gasteiger partial charge is 0.307 e. The third-order valence-corrected chi connectivity index (χ3v) is 3.35. The Labute approximate surface area is 126 Å². The van der Waals surface area contributed by atoms with Gasteiger partial charge in [-0.3, -0.25) is 14.4 Å². The lowest BCUT2D eigenvalue weighted by Gasteiger charge is -2.30. The minimum atomic E-state index is -0.740. The summed E-state index contributed by atoms with van der Waals surface area (Å²) in [6.07, 6.45) is 1.41. The average molecular weight is 292 g/mol. The number of allylic oxidation sites excluding steroid dienone is 4. The first-order valence-corrected chi connectivity index (χ1v) is 7.06. The van der Waals surface area contributed by atoms with Crippen molar-refractivity contribution >= 4 is 17.5 Å². The van der Waals surface area contributed by atoms with Crippen molar-refractivity contribution in [3.63, 3.8) is 0 Å². The highest BCUT2D eigenvalue weighted by Crippen LogP contribution is 2.37. The number of carbonyl (C=O) groups is 3. The fourth-order valence-electron chi connectivity index (χ4n) is 2.60. The molecule has 0 atom stereocenters. The molecule has 0 amide bonds. The summed E-state index contributed by atoms with van der Waals surface area (Å²) in [6, 6.07) is 0. The second-order valence-corrected chi connectivity index (χ2v) is 7.17. The van der Waals surface area contributed by atoms with Crippen molar-refractivity contribution in [2.45, 2.75) is 60.5 Å². The number of carbonyl (C=O) groups excluding carboxylic acids is 3. The van der Waals surface area contributed by atoms with E-state index >= 15 is 0 Å². The Morgan fingerprint density at radius 2 is 1.62 bits per heavy atom. The van der Waals surface area contributed by atoms with Crippen LogP contribution in [0.1, 0.15) is 54.9 Å². The molecule has 0 N–H and O–H groups in total. The Bertz CT molecular complexity index is 554. The van der Waals surface area contributed by atoms with Crippen molar-refractivity contribution in [1.82, 2.24) is 0 Å². The molecule has 0 aliphatic heterocycles. The number of esters is 1. The first-order chi connectivity index (χ1) is 9.35. The molecule has 0 fully saturated rings. The first kappa shape index (κ1) is 17.3. The molecule has 116 valence electrons. The largest absolute Gasteiger partial charge is 0.460 e. The third kappa shape index (κ3) is 4.13. The predicted molar refractivity (Wildman–Crippen MR) is 80.7 cm³/mol. The molecule has 0 bridgehead atoms. The van der Waals surface area contributed by atoms with Crippen LogP contribution in [0, 0.1) is 5.41 Å². The molecular weight excluding hydrogens is 268 g/mol. The van der Waals surface area contributed by atoms with Crippen LogP contribution >= 0.6 is 0 Å². The van der Waals surface area contributed by atoms with Gasteiger partial charge in [-0.25, -0.2) is 0 Å². The van der Waals surface area contributed by atoms with Gasteiger partial charge in [0.1, 0.15) is 5.60 Å². The minimum absolute atomic E-state index is 0.0584. The number of hydrogen-bond acceptors (Lipinski definition) is 4. The lowest BCUT2D eigenvalue weighted by Crippen LogP contribution is -2.32. The van der Waals surface area contributed by atoms with Crippen LogP contribution in [0.4, 0.5) is 0 Å². The van der Waals surface area contributed by atoms with Gasteiger partial charge in [-0.2, -0.15) is 0 Å². The first-order valence-electron chi connectivity index (χ1n) is 7.06. The highest BCUT2D eigenvalue weighted by molar-refractivity contribution is 6.22. The molecule has 0 spiro atoms. The van der Waals surface area contributed by atoms with Crippen LogP contribution in [0.25, 0.3) is 0 Å². The number of ether oxygens (including phenoxy) is 1. The highest BCUT2D eigenvalue weighted by atomic mass is 16.6. The predicted octanol–water partition coefficient (Wildman–Crippen LogP) is 3.16. The molecule has 0 radical (unpaired) electrons. The summed E-state index contributed by atoms with van der Waals surface area (Å²) in [6.45, 7) is 12.2.